The van der Waals surface area contributed by atoms with Gasteiger partial charge in [0.2, 0.25) is 0 Å². The maximum Gasteiger partial charge on any atom is 0.262 e. The third kappa shape index (κ3) is 4.39. The van der Waals surface area contributed by atoms with Crippen LogP contribution < -0.4 is 10.0 Å². The molecule has 0 amide bonds. The molecule has 5 aromatic rings. The van der Waals surface area contributed by atoms with E-state index < -0.39 is 10.0 Å². The van der Waals surface area contributed by atoms with E-state index in [-0.39, 0.29) is 4.90 Å². The fourth-order valence-corrected chi connectivity index (χ4v) is 4.84. The van der Waals surface area contributed by atoms with Crippen LogP contribution in [0.15, 0.2) is 96.4 Å². The largest absolute Gasteiger partial charge is 0.340 e. The number of nitrogens with one attached hydrogen (secondary N) is 2. The first-order valence-corrected chi connectivity index (χ1v) is 11.7. The van der Waals surface area contributed by atoms with Crippen molar-refractivity contribution in [2.75, 3.05) is 10.0 Å². The van der Waals surface area contributed by atoms with Crippen LogP contribution in [0.25, 0.3) is 16.6 Å². The van der Waals surface area contributed by atoms with E-state index in [9.17, 15) is 8.42 Å². The summed E-state index contributed by atoms with van der Waals surface area (Å²) in [4.78, 5) is 13.1. The zero-order valence-corrected chi connectivity index (χ0v) is 18.5. The van der Waals surface area contributed by atoms with Gasteiger partial charge in [-0.2, -0.15) is 0 Å². The van der Waals surface area contributed by atoms with E-state index in [1.54, 1.807) is 59.6 Å². The molecule has 0 aliphatic heterocycles. The summed E-state index contributed by atoms with van der Waals surface area (Å²) in [5.74, 6) is 1.93. The minimum absolute atomic E-state index is 0.242. The number of nitrogens with zero attached hydrogens (tertiary/aromatic N) is 4. The molecule has 0 radical (unpaired) electrons. The molecule has 0 unspecified atom stereocenters. The van der Waals surface area contributed by atoms with Crippen molar-refractivity contribution < 1.29 is 8.42 Å². The number of benzene rings is 3. The van der Waals surface area contributed by atoms with Gasteiger partial charge >= 0.3 is 0 Å². The third-order valence-corrected chi connectivity index (χ3v) is 6.48. The number of fused-ring (bicyclic) bond motifs is 1. The molecule has 3 aromatic carbocycles. The Balaban J connectivity index is 1.36. The molecular weight excluding hydrogens is 436 g/mol. The number of sulfonamides is 1. The second-order valence-corrected chi connectivity index (χ2v) is 9.06. The molecule has 8 nitrogen and oxygen atoms in total. The predicted octanol–water partition coefficient (Wildman–Crippen LogP) is 4.67. The summed E-state index contributed by atoms with van der Waals surface area (Å²) in [6.07, 6.45) is 5.16. The molecule has 0 aliphatic carbocycles. The van der Waals surface area contributed by atoms with Gasteiger partial charge in [0, 0.05) is 35.2 Å². The fourth-order valence-electron chi connectivity index (χ4n) is 3.55. The lowest BCUT2D eigenvalue weighted by molar-refractivity contribution is 0.602. The lowest BCUT2D eigenvalue weighted by Gasteiger charge is -2.12. The normalized spacial score (nSPS) is 11.4. The van der Waals surface area contributed by atoms with Gasteiger partial charge in [0.15, 0.2) is 0 Å². The molecule has 0 bridgehead atoms. The quantitative estimate of drug-likeness (QED) is 0.385. The summed E-state index contributed by atoms with van der Waals surface area (Å²) < 4.78 is 30.5. The molecule has 164 valence electrons. The van der Waals surface area contributed by atoms with Crippen LogP contribution in [-0.4, -0.2) is 27.9 Å². The van der Waals surface area contributed by atoms with Crippen LogP contribution in [0.4, 0.5) is 17.2 Å². The predicted molar refractivity (Wildman–Crippen MR) is 128 cm³/mol. The van der Waals surface area contributed by atoms with Crippen LogP contribution >= 0.6 is 0 Å². The minimum Gasteiger partial charge on any atom is -0.340 e. The van der Waals surface area contributed by atoms with Gasteiger partial charge in [-0.15, -0.1) is 0 Å². The zero-order valence-electron chi connectivity index (χ0n) is 17.7. The Bertz CT molecular complexity index is 1530. The van der Waals surface area contributed by atoms with E-state index in [2.05, 4.69) is 25.0 Å². The zero-order chi connectivity index (χ0) is 22.8. The van der Waals surface area contributed by atoms with E-state index in [1.165, 1.54) is 0 Å². The maximum atomic E-state index is 13.0. The smallest absolute Gasteiger partial charge is 0.262 e. The summed E-state index contributed by atoms with van der Waals surface area (Å²) in [6, 6.07) is 21.4. The molecule has 2 heterocycles. The molecule has 9 heteroatoms. The van der Waals surface area contributed by atoms with Crippen molar-refractivity contribution in [3.05, 3.63) is 97.3 Å². The topological polar surface area (TPSA) is 102 Å². The maximum absolute atomic E-state index is 13.0. The van der Waals surface area contributed by atoms with Crippen molar-refractivity contribution >= 4 is 38.0 Å². The SMILES string of the molecule is Cc1nc(Nc2ccc(NS(=O)(=O)c3cccc4ccccc34)cc2)cc(-n2ccnc2)n1. The summed E-state index contributed by atoms with van der Waals surface area (Å²) in [5.41, 5.74) is 1.23. The van der Waals surface area contributed by atoms with E-state index in [4.69, 9.17) is 0 Å². The molecule has 33 heavy (non-hydrogen) atoms. The molecule has 0 fully saturated rings. The fraction of sp³-hybridized carbons (Fsp3) is 0.0417. The van der Waals surface area contributed by atoms with E-state index in [0.717, 1.165) is 11.1 Å². The van der Waals surface area contributed by atoms with Crippen LogP contribution in [0.5, 0.6) is 0 Å². The molecule has 2 aromatic heterocycles. The Morgan fingerprint density at radius 3 is 2.42 bits per heavy atom. The van der Waals surface area contributed by atoms with Crippen molar-refractivity contribution in [3.8, 4) is 5.82 Å². The minimum atomic E-state index is -3.75. The van der Waals surface area contributed by atoms with Gasteiger partial charge in [0.05, 0.1) is 4.90 Å². The Kier molecular flexibility index (Phi) is 5.23. The monoisotopic (exact) mass is 456 g/mol. The molecule has 0 spiro atoms. The van der Waals surface area contributed by atoms with Crippen LogP contribution in [-0.2, 0) is 10.0 Å². The first-order valence-electron chi connectivity index (χ1n) is 10.2. The number of hydrogen-bond donors (Lipinski definition) is 2. The van der Waals surface area contributed by atoms with E-state index in [1.807, 2.05) is 43.5 Å². The van der Waals surface area contributed by atoms with Crippen molar-refractivity contribution in [2.24, 2.45) is 0 Å². The number of aromatic nitrogens is 4. The summed E-state index contributed by atoms with van der Waals surface area (Å²) in [7, 11) is -3.75. The lowest BCUT2D eigenvalue weighted by atomic mass is 10.1. The average molecular weight is 457 g/mol. The van der Waals surface area contributed by atoms with E-state index >= 15 is 0 Å². The van der Waals surface area contributed by atoms with Crippen molar-refractivity contribution in [1.29, 1.82) is 0 Å². The molecule has 0 saturated carbocycles. The molecule has 0 atom stereocenters. The highest BCUT2D eigenvalue weighted by Crippen LogP contribution is 2.26. The van der Waals surface area contributed by atoms with Gasteiger partial charge in [0.1, 0.15) is 23.8 Å². The Morgan fingerprint density at radius 1 is 0.879 bits per heavy atom. The van der Waals surface area contributed by atoms with Crippen LogP contribution in [0.1, 0.15) is 5.82 Å². The van der Waals surface area contributed by atoms with E-state index in [0.29, 0.717) is 28.5 Å². The molecule has 0 aliphatic rings. The highest BCUT2D eigenvalue weighted by Gasteiger charge is 2.17. The van der Waals surface area contributed by atoms with Gasteiger partial charge in [-0.25, -0.2) is 23.4 Å². The Morgan fingerprint density at radius 2 is 1.64 bits per heavy atom. The van der Waals surface area contributed by atoms with Crippen LogP contribution in [0.3, 0.4) is 0 Å². The van der Waals surface area contributed by atoms with Crippen LogP contribution in [0.2, 0.25) is 0 Å². The first kappa shape index (κ1) is 20.7. The number of hydrogen-bond acceptors (Lipinski definition) is 6. The van der Waals surface area contributed by atoms with Crippen molar-refractivity contribution in [2.45, 2.75) is 11.8 Å². The average Bonchev–Trinajstić information content (AvgIpc) is 3.35. The van der Waals surface area contributed by atoms with Crippen LogP contribution in [0, 0.1) is 6.92 Å². The molecular formula is C24H20N6O2S. The summed E-state index contributed by atoms with van der Waals surface area (Å²) in [5, 5.41) is 4.78. The number of imidazole rings is 1. The van der Waals surface area contributed by atoms with Crippen molar-refractivity contribution in [3.63, 3.8) is 0 Å². The molecule has 5 rings (SSSR count). The van der Waals surface area contributed by atoms with Crippen molar-refractivity contribution in [1.82, 2.24) is 19.5 Å². The van der Waals surface area contributed by atoms with Gasteiger partial charge in [-0.1, -0.05) is 36.4 Å². The number of aryl methyl sites for hydroxylation is 1. The molecule has 0 saturated heterocycles. The Labute approximate surface area is 191 Å². The second-order valence-electron chi connectivity index (χ2n) is 7.41. The van der Waals surface area contributed by atoms with Gasteiger partial charge in [0.25, 0.3) is 10.0 Å². The standard InChI is InChI=1S/C24H20N6O2S/c1-17-26-23(15-24(27-17)30-14-13-25-16-30)28-19-9-11-20(12-10-19)29-33(31,32)22-8-4-6-18-5-2-3-7-21(18)22/h2-16,29H,1H3,(H,26,27,28). The second kappa shape index (κ2) is 8.36. The number of anilines is 3. The lowest BCUT2D eigenvalue weighted by Crippen LogP contribution is -2.13. The molecule has 2 N–H and O–H groups in total. The van der Waals surface area contributed by atoms with Gasteiger partial charge in [-0.05, 0) is 42.6 Å². The van der Waals surface area contributed by atoms with Gasteiger partial charge in [-0.3, -0.25) is 9.29 Å². The Hall–Kier alpha value is -4.24. The third-order valence-electron chi connectivity index (χ3n) is 5.04. The first-order chi connectivity index (χ1) is 16.0. The highest BCUT2D eigenvalue weighted by molar-refractivity contribution is 7.93. The summed E-state index contributed by atoms with van der Waals surface area (Å²) in [6.45, 7) is 1.82. The highest BCUT2D eigenvalue weighted by atomic mass is 32.2. The number of rotatable bonds is 6. The van der Waals surface area contributed by atoms with Gasteiger partial charge < -0.3 is 5.32 Å². The summed E-state index contributed by atoms with van der Waals surface area (Å²) >= 11 is 0.